The lowest BCUT2D eigenvalue weighted by molar-refractivity contribution is -0.305. The van der Waals surface area contributed by atoms with Gasteiger partial charge in [0.05, 0.1) is 13.2 Å². The van der Waals surface area contributed by atoms with Crippen LogP contribution in [0.3, 0.4) is 0 Å². The zero-order valence-corrected chi connectivity index (χ0v) is 35.0. The van der Waals surface area contributed by atoms with E-state index >= 15 is 0 Å². The maximum Gasteiger partial charge on any atom is 0.306 e. The standard InChI is InChI=1S/C47H76O10/c1-3-5-7-9-11-13-15-17-19-20-22-23-25-27-29-31-33-35-42(49)54-38-40(39-55-47-46(53)45(52)44(51)41(37-48)57-47)56-43(50)36-34-32-30-28-26-24-21-18-16-14-12-10-8-6-4-2/h5,7,11,13,17-19,21-23,26-29,40-41,44-48,51-53H,3-4,6,8-10,12,14-16,20,24-25,30-39H2,1-2H3/b7-5+,13-11+,19-17+,21-18+,23-22+,28-26+,29-27+/t40-,41-,44+,45?,46?,47-/m0/s1. The molecule has 1 saturated heterocycles. The van der Waals surface area contributed by atoms with Gasteiger partial charge in [0.1, 0.15) is 31.0 Å². The molecule has 2 unspecified atom stereocenters. The fourth-order valence-electron chi connectivity index (χ4n) is 5.84. The van der Waals surface area contributed by atoms with Gasteiger partial charge in [-0.1, -0.05) is 131 Å². The van der Waals surface area contributed by atoms with Crippen molar-refractivity contribution in [2.75, 3.05) is 19.8 Å². The van der Waals surface area contributed by atoms with Gasteiger partial charge in [-0.05, 0) is 83.5 Å². The lowest BCUT2D eigenvalue weighted by Crippen LogP contribution is -2.59. The van der Waals surface area contributed by atoms with E-state index in [4.69, 9.17) is 18.9 Å². The predicted octanol–water partition coefficient (Wildman–Crippen LogP) is 8.99. The molecule has 1 aliphatic rings. The molecular weight excluding hydrogens is 725 g/mol. The highest BCUT2D eigenvalue weighted by Crippen LogP contribution is 2.22. The molecule has 57 heavy (non-hydrogen) atoms. The molecule has 0 amide bonds. The molecule has 6 atom stereocenters. The lowest BCUT2D eigenvalue weighted by atomic mass is 9.99. The minimum Gasteiger partial charge on any atom is -0.462 e. The summed E-state index contributed by atoms with van der Waals surface area (Å²) in [6.45, 7) is 3.19. The van der Waals surface area contributed by atoms with Gasteiger partial charge < -0.3 is 39.4 Å². The Morgan fingerprint density at radius 1 is 0.561 bits per heavy atom. The smallest absolute Gasteiger partial charge is 0.306 e. The Morgan fingerprint density at radius 3 is 1.61 bits per heavy atom. The van der Waals surface area contributed by atoms with Crippen LogP contribution in [0.4, 0.5) is 0 Å². The number of carbonyl (C=O) groups excluding carboxylic acids is 2. The number of hydrogen-bond acceptors (Lipinski definition) is 10. The number of unbranched alkanes of at least 4 members (excludes halogenated alkanes) is 9. The fraction of sp³-hybridized carbons (Fsp3) is 0.660. The van der Waals surface area contributed by atoms with Crippen molar-refractivity contribution in [3.05, 3.63) is 85.1 Å². The highest BCUT2D eigenvalue weighted by Gasteiger charge is 2.44. The number of allylic oxidation sites excluding steroid dienone is 14. The molecule has 324 valence electrons. The van der Waals surface area contributed by atoms with Crippen molar-refractivity contribution in [3.8, 4) is 0 Å². The van der Waals surface area contributed by atoms with Gasteiger partial charge in [0.2, 0.25) is 0 Å². The molecule has 10 heteroatoms. The van der Waals surface area contributed by atoms with Crippen LogP contribution in [0.25, 0.3) is 0 Å². The SMILES string of the molecule is CC/C=C/C/C=C/C/C=C/C/C=C/C/C=C/CCCC(=O)OC[C@@H](CO[C@H]1O[C@@H](CO)[C@@H](O)C(O)C1O)OC(=O)CCCC/C=C/C/C=C/CCCCCCCC. The number of rotatable bonds is 34. The number of esters is 2. The number of ether oxygens (including phenoxy) is 4. The van der Waals surface area contributed by atoms with Crippen LogP contribution >= 0.6 is 0 Å². The van der Waals surface area contributed by atoms with Gasteiger partial charge in [-0.15, -0.1) is 0 Å². The van der Waals surface area contributed by atoms with Crippen molar-refractivity contribution in [2.45, 2.75) is 179 Å². The molecule has 0 bridgehead atoms. The van der Waals surface area contributed by atoms with Crippen molar-refractivity contribution in [3.63, 3.8) is 0 Å². The summed E-state index contributed by atoms with van der Waals surface area (Å²) in [6, 6.07) is 0. The molecule has 1 fully saturated rings. The second kappa shape index (κ2) is 37.2. The van der Waals surface area contributed by atoms with E-state index in [9.17, 15) is 30.0 Å². The average molecular weight is 801 g/mol. The Kier molecular flexibility index (Phi) is 33.8. The molecule has 1 aliphatic heterocycles. The van der Waals surface area contributed by atoms with E-state index in [0.29, 0.717) is 19.3 Å². The van der Waals surface area contributed by atoms with Crippen LogP contribution < -0.4 is 0 Å². The highest BCUT2D eigenvalue weighted by atomic mass is 16.7. The normalized spacial score (nSPS) is 21.1. The first-order valence-corrected chi connectivity index (χ1v) is 21.7. The van der Waals surface area contributed by atoms with Gasteiger partial charge in [0.25, 0.3) is 0 Å². The summed E-state index contributed by atoms with van der Waals surface area (Å²) >= 11 is 0. The molecular formula is C47H76O10. The predicted molar refractivity (Wildman–Crippen MR) is 228 cm³/mol. The molecule has 0 spiro atoms. The van der Waals surface area contributed by atoms with Crippen LogP contribution in [0.15, 0.2) is 85.1 Å². The zero-order chi connectivity index (χ0) is 41.6. The maximum atomic E-state index is 12.7. The van der Waals surface area contributed by atoms with Gasteiger partial charge in [0, 0.05) is 12.8 Å². The second-order valence-electron chi connectivity index (χ2n) is 14.4. The topological polar surface area (TPSA) is 152 Å². The Morgan fingerprint density at radius 2 is 1.05 bits per heavy atom. The summed E-state index contributed by atoms with van der Waals surface area (Å²) in [5.41, 5.74) is 0. The molecule has 0 aromatic carbocycles. The lowest BCUT2D eigenvalue weighted by Gasteiger charge is -2.39. The molecule has 0 aromatic rings. The van der Waals surface area contributed by atoms with E-state index in [1.807, 2.05) is 6.08 Å². The average Bonchev–Trinajstić information content (AvgIpc) is 3.21. The zero-order valence-electron chi connectivity index (χ0n) is 35.0. The van der Waals surface area contributed by atoms with E-state index in [0.717, 1.165) is 57.8 Å². The number of carbonyl (C=O) groups is 2. The van der Waals surface area contributed by atoms with Crippen LogP contribution in [0, 0.1) is 0 Å². The summed E-state index contributed by atoms with van der Waals surface area (Å²) in [5, 5.41) is 40.0. The molecule has 0 aromatic heterocycles. The third kappa shape index (κ3) is 28.9. The molecule has 0 radical (unpaired) electrons. The number of hydrogen-bond donors (Lipinski definition) is 4. The Balaban J connectivity index is 2.43. The van der Waals surface area contributed by atoms with E-state index in [1.165, 1.54) is 38.5 Å². The fourth-order valence-corrected chi connectivity index (χ4v) is 5.84. The number of aliphatic hydroxyl groups excluding tert-OH is 4. The second-order valence-corrected chi connectivity index (χ2v) is 14.4. The van der Waals surface area contributed by atoms with Crippen LogP contribution in [0.5, 0.6) is 0 Å². The Labute approximate surface area is 344 Å². The monoisotopic (exact) mass is 801 g/mol. The first-order chi connectivity index (χ1) is 27.8. The highest BCUT2D eigenvalue weighted by molar-refractivity contribution is 5.70. The Bertz CT molecular complexity index is 1200. The molecule has 1 rings (SSSR count). The van der Waals surface area contributed by atoms with Gasteiger partial charge in [-0.25, -0.2) is 0 Å². The van der Waals surface area contributed by atoms with E-state index in [1.54, 1.807) is 0 Å². The summed E-state index contributed by atoms with van der Waals surface area (Å²) in [5.74, 6) is -0.922. The largest absolute Gasteiger partial charge is 0.462 e. The van der Waals surface area contributed by atoms with Gasteiger partial charge in [-0.3, -0.25) is 9.59 Å². The van der Waals surface area contributed by atoms with Gasteiger partial charge in [0.15, 0.2) is 12.4 Å². The van der Waals surface area contributed by atoms with Gasteiger partial charge in [-0.2, -0.15) is 0 Å². The summed E-state index contributed by atoms with van der Waals surface area (Å²) in [4.78, 5) is 25.3. The molecule has 1 heterocycles. The minimum absolute atomic E-state index is 0.170. The van der Waals surface area contributed by atoms with Crippen LogP contribution in [0.2, 0.25) is 0 Å². The van der Waals surface area contributed by atoms with Crippen LogP contribution in [0.1, 0.15) is 142 Å². The number of aliphatic hydroxyl groups is 4. The van der Waals surface area contributed by atoms with Crippen molar-refractivity contribution in [2.24, 2.45) is 0 Å². The molecule has 0 saturated carbocycles. The summed E-state index contributed by atoms with van der Waals surface area (Å²) in [7, 11) is 0. The molecule has 0 aliphatic carbocycles. The summed E-state index contributed by atoms with van der Waals surface area (Å²) in [6.07, 6.45) is 40.3. The van der Waals surface area contributed by atoms with Crippen molar-refractivity contribution < 1.29 is 49.0 Å². The van der Waals surface area contributed by atoms with E-state index < -0.39 is 55.4 Å². The van der Waals surface area contributed by atoms with Crippen molar-refractivity contribution in [1.29, 1.82) is 0 Å². The van der Waals surface area contributed by atoms with Crippen LogP contribution in [-0.2, 0) is 28.5 Å². The minimum atomic E-state index is -1.61. The van der Waals surface area contributed by atoms with Crippen LogP contribution in [-0.4, -0.2) is 89.0 Å². The summed E-state index contributed by atoms with van der Waals surface area (Å²) < 4.78 is 22.0. The Hall–Kier alpha value is -3.12. The third-order valence-corrected chi connectivity index (χ3v) is 9.26. The van der Waals surface area contributed by atoms with Gasteiger partial charge >= 0.3 is 11.9 Å². The molecule has 4 N–H and O–H groups in total. The first-order valence-electron chi connectivity index (χ1n) is 21.7. The van der Waals surface area contributed by atoms with Crippen molar-refractivity contribution in [1.82, 2.24) is 0 Å². The van der Waals surface area contributed by atoms with E-state index in [-0.39, 0.29) is 26.1 Å². The van der Waals surface area contributed by atoms with Crippen molar-refractivity contribution >= 4 is 11.9 Å². The maximum absolute atomic E-state index is 12.7. The first kappa shape index (κ1) is 51.9. The molecule has 10 nitrogen and oxygen atoms in total. The van der Waals surface area contributed by atoms with E-state index in [2.05, 4.69) is 92.8 Å². The quantitative estimate of drug-likeness (QED) is 0.0282. The third-order valence-electron chi connectivity index (χ3n) is 9.26.